The molecule has 2 aliphatic rings. The molecule has 5 nitrogen and oxygen atoms in total. The zero-order valence-electron chi connectivity index (χ0n) is 15.0. The quantitative estimate of drug-likeness (QED) is 0.723. The van der Waals surface area contributed by atoms with Crippen LogP contribution in [0, 0.1) is 23.2 Å². The van der Waals surface area contributed by atoms with Gasteiger partial charge in [-0.1, -0.05) is 38.3 Å². The first-order valence-corrected chi connectivity index (χ1v) is 11.0. The lowest BCUT2D eigenvalue weighted by molar-refractivity contribution is 0.279. The summed E-state index contributed by atoms with van der Waals surface area (Å²) in [5.41, 5.74) is 1.05. The van der Waals surface area contributed by atoms with Gasteiger partial charge in [0.1, 0.15) is 0 Å². The minimum absolute atomic E-state index is 0.372. The van der Waals surface area contributed by atoms with E-state index in [-0.39, 0.29) is 0 Å². The Labute approximate surface area is 151 Å². The molecule has 0 bridgehead atoms. The minimum Gasteiger partial charge on any atom is -0.303 e. The lowest BCUT2D eigenvalue weighted by Crippen LogP contribution is -2.30. The summed E-state index contributed by atoms with van der Waals surface area (Å²) in [5, 5.41) is 9.86. The highest BCUT2D eigenvalue weighted by atomic mass is 32.2. The van der Waals surface area contributed by atoms with E-state index in [1.54, 1.807) is 6.07 Å². The molecule has 1 aliphatic heterocycles. The third-order valence-electron chi connectivity index (χ3n) is 5.61. The van der Waals surface area contributed by atoms with E-state index in [2.05, 4.69) is 22.6 Å². The highest BCUT2D eigenvalue weighted by Gasteiger charge is 2.69. The Balaban J connectivity index is 1.66. The molecule has 25 heavy (non-hydrogen) atoms. The number of unbranched alkanes of at least 4 members (excludes halogenated alkanes) is 3. The van der Waals surface area contributed by atoms with E-state index >= 15 is 0 Å². The standard InChI is InChI=1S/C19H27N3O2S/c1-3-4-5-6-10-22-12-17-18(13-22)19(17,14-20)15-8-7-9-16(11-15)21-25(2,23)24/h7-9,11,17-18,21H,3-6,10,12-13H2,1-2H3/t17-,18+,19?. The summed E-state index contributed by atoms with van der Waals surface area (Å²) in [5.74, 6) is 0.745. The van der Waals surface area contributed by atoms with Gasteiger partial charge in [0.05, 0.1) is 17.7 Å². The second kappa shape index (κ2) is 6.97. The van der Waals surface area contributed by atoms with Gasteiger partial charge in [0.2, 0.25) is 10.0 Å². The van der Waals surface area contributed by atoms with Crippen LogP contribution in [-0.4, -0.2) is 39.2 Å². The van der Waals surface area contributed by atoms with Crippen molar-refractivity contribution in [3.05, 3.63) is 29.8 Å². The number of nitriles is 1. The van der Waals surface area contributed by atoms with E-state index in [0.29, 0.717) is 17.5 Å². The maximum absolute atomic E-state index is 11.4. The van der Waals surface area contributed by atoms with Gasteiger partial charge < -0.3 is 4.90 Å². The largest absolute Gasteiger partial charge is 0.303 e. The number of piperidine rings is 1. The van der Waals surface area contributed by atoms with Crippen molar-refractivity contribution in [3.8, 4) is 6.07 Å². The zero-order valence-corrected chi connectivity index (χ0v) is 15.8. The Bertz CT molecular complexity index is 757. The van der Waals surface area contributed by atoms with E-state index in [4.69, 9.17) is 0 Å². The highest BCUT2D eigenvalue weighted by molar-refractivity contribution is 7.92. The van der Waals surface area contributed by atoms with Crippen LogP contribution in [0.3, 0.4) is 0 Å². The molecule has 1 saturated carbocycles. The average Bonchev–Trinajstić information content (AvgIpc) is 2.94. The molecule has 3 rings (SSSR count). The molecule has 0 spiro atoms. The maximum Gasteiger partial charge on any atom is 0.229 e. The van der Waals surface area contributed by atoms with Crippen molar-refractivity contribution in [1.29, 1.82) is 5.26 Å². The van der Waals surface area contributed by atoms with Gasteiger partial charge in [-0.15, -0.1) is 0 Å². The normalized spacial score (nSPS) is 28.4. The van der Waals surface area contributed by atoms with Crippen LogP contribution in [0.15, 0.2) is 24.3 Å². The monoisotopic (exact) mass is 361 g/mol. The number of nitrogens with one attached hydrogen (secondary N) is 1. The Kier molecular flexibility index (Phi) is 5.08. The third-order valence-corrected chi connectivity index (χ3v) is 6.22. The molecule has 1 N–H and O–H groups in total. The predicted octanol–water partition coefficient (Wildman–Crippen LogP) is 2.96. The van der Waals surface area contributed by atoms with Crippen molar-refractivity contribution in [2.45, 2.75) is 38.0 Å². The highest BCUT2D eigenvalue weighted by Crippen LogP contribution is 2.63. The summed E-state index contributed by atoms with van der Waals surface area (Å²) in [7, 11) is -3.31. The van der Waals surface area contributed by atoms with Gasteiger partial charge in [-0.2, -0.15) is 5.26 Å². The van der Waals surface area contributed by atoms with Gasteiger partial charge in [0, 0.05) is 30.6 Å². The van der Waals surface area contributed by atoms with Crippen molar-refractivity contribution in [1.82, 2.24) is 4.90 Å². The van der Waals surface area contributed by atoms with E-state index in [9.17, 15) is 13.7 Å². The molecule has 3 atom stereocenters. The molecule has 0 amide bonds. The molecule has 0 radical (unpaired) electrons. The summed E-state index contributed by atoms with van der Waals surface area (Å²) in [6, 6.07) is 9.90. The number of rotatable bonds is 8. The number of benzene rings is 1. The number of hydrogen-bond donors (Lipinski definition) is 1. The number of hydrogen-bond acceptors (Lipinski definition) is 4. The van der Waals surface area contributed by atoms with Gasteiger partial charge in [0.25, 0.3) is 0 Å². The Morgan fingerprint density at radius 2 is 2.00 bits per heavy atom. The van der Waals surface area contributed by atoms with Crippen molar-refractivity contribution in [2.24, 2.45) is 11.8 Å². The van der Waals surface area contributed by atoms with Crippen molar-refractivity contribution in [3.63, 3.8) is 0 Å². The first-order chi connectivity index (χ1) is 11.9. The van der Waals surface area contributed by atoms with Gasteiger partial charge in [-0.3, -0.25) is 4.72 Å². The van der Waals surface area contributed by atoms with Gasteiger partial charge >= 0.3 is 0 Å². The summed E-state index contributed by atoms with van der Waals surface area (Å²) >= 11 is 0. The zero-order chi connectivity index (χ0) is 18.1. The van der Waals surface area contributed by atoms with Gasteiger partial charge in [-0.25, -0.2) is 8.42 Å². The Morgan fingerprint density at radius 1 is 1.28 bits per heavy atom. The second-order valence-electron chi connectivity index (χ2n) is 7.47. The first kappa shape index (κ1) is 18.2. The number of sulfonamides is 1. The van der Waals surface area contributed by atoms with Crippen LogP contribution in [0.2, 0.25) is 0 Å². The van der Waals surface area contributed by atoms with Crippen LogP contribution in [0.1, 0.15) is 38.2 Å². The van der Waals surface area contributed by atoms with Crippen LogP contribution in [0.25, 0.3) is 0 Å². The van der Waals surface area contributed by atoms with Crippen molar-refractivity contribution < 1.29 is 8.42 Å². The first-order valence-electron chi connectivity index (χ1n) is 9.12. The molecule has 1 unspecified atom stereocenters. The molecule has 6 heteroatoms. The summed E-state index contributed by atoms with van der Waals surface area (Å²) in [6.45, 7) is 5.31. The topological polar surface area (TPSA) is 73.2 Å². The fourth-order valence-electron chi connectivity index (χ4n) is 4.37. The van der Waals surface area contributed by atoms with Crippen LogP contribution in [0.5, 0.6) is 0 Å². The lowest BCUT2D eigenvalue weighted by atomic mass is 9.91. The average molecular weight is 362 g/mol. The second-order valence-corrected chi connectivity index (χ2v) is 9.22. The number of nitrogens with zero attached hydrogens (tertiary/aromatic N) is 2. The lowest BCUT2D eigenvalue weighted by Gasteiger charge is -2.23. The molecular weight excluding hydrogens is 334 g/mol. The van der Waals surface area contributed by atoms with E-state index in [1.165, 1.54) is 25.7 Å². The maximum atomic E-state index is 11.4. The summed E-state index contributed by atoms with van der Waals surface area (Å²) in [4.78, 5) is 2.49. The molecule has 1 heterocycles. The molecule has 1 aromatic carbocycles. The smallest absolute Gasteiger partial charge is 0.229 e. The van der Waals surface area contributed by atoms with Crippen LogP contribution in [-0.2, 0) is 15.4 Å². The fraction of sp³-hybridized carbons (Fsp3) is 0.632. The molecule has 1 aliphatic carbocycles. The minimum atomic E-state index is -3.31. The summed E-state index contributed by atoms with van der Waals surface area (Å²) in [6.07, 6.45) is 6.21. The molecule has 136 valence electrons. The van der Waals surface area contributed by atoms with E-state index in [0.717, 1.165) is 31.5 Å². The third kappa shape index (κ3) is 3.68. The molecule has 1 aromatic rings. The number of fused-ring (bicyclic) bond motifs is 1. The SMILES string of the molecule is CCCCCCN1C[C@@H]2[C@H](C1)C2(C#N)c1cccc(NS(C)(=O)=O)c1. The van der Waals surface area contributed by atoms with E-state index in [1.807, 2.05) is 18.2 Å². The van der Waals surface area contributed by atoms with Crippen LogP contribution >= 0.6 is 0 Å². The van der Waals surface area contributed by atoms with Crippen LogP contribution < -0.4 is 4.72 Å². The summed E-state index contributed by atoms with van der Waals surface area (Å²) < 4.78 is 25.4. The Morgan fingerprint density at radius 3 is 2.60 bits per heavy atom. The predicted molar refractivity (Wildman–Crippen MR) is 99.8 cm³/mol. The molecular formula is C19H27N3O2S. The van der Waals surface area contributed by atoms with Crippen LogP contribution in [0.4, 0.5) is 5.69 Å². The number of anilines is 1. The van der Waals surface area contributed by atoms with Crippen molar-refractivity contribution in [2.75, 3.05) is 30.6 Å². The fourth-order valence-corrected chi connectivity index (χ4v) is 4.92. The van der Waals surface area contributed by atoms with E-state index < -0.39 is 15.4 Å². The van der Waals surface area contributed by atoms with Gasteiger partial charge in [-0.05, 0) is 30.7 Å². The number of likely N-dealkylation sites (tertiary alicyclic amines) is 1. The Hall–Kier alpha value is -1.58. The molecule has 1 saturated heterocycles. The molecule has 2 fully saturated rings. The van der Waals surface area contributed by atoms with Gasteiger partial charge in [0.15, 0.2) is 0 Å². The molecule has 0 aromatic heterocycles. The van der Waals surface area contributed by atoms with Crippen molar-refractivity contribution >= 4 is 15.7 Å².